The molecule has 44 heavy (non-hydrogen) atoms. The highest BCUT2D eigenvalue weighted by Crippen LogP contribution is 2.36. The van der Waals surface area contributed by atoms with Crippen LogP contribution in [0.15, 0.2) is 164 Å². The summed E-state index contributed by atoms with van der Waals surface area (Å²) in [6.45, 7) is 2.17. The maximum atomic E-state index is 2.30. The minimum Gasteiger partial charge on any atom is -0.310 e. The van der Waals surface area contributed by atoms with Crippen LogP contribution in [0.5, 0.6) is 0 Å². The lowest BCUT2D eigenvalue weighted by Crippen LogP contribution is -2.09. The van der Waals surface area contributed by atoms with Crippen molar-refractivity contribution in [2.75, 3.05) is 4.90 Å². The largest absolute Gasteiger partial charge is 0.310 e. The van der Waals surface area contributed by atoms with Crippen LogP contribution in [0.4, 0.5) is 17.1 Å². The molecule has 0 saturated carbocycles. The third-order valence-electron chi connectivity index (χ3n) is 8.10. The number of hydrogen-bond acceptors (Lipinski definition) is 1. The highest BCUT2D eigenvalue weighted by molar-refractivity contribution is 5.92. The Balaban J connectivity index is 1.12. The van der Waals surface area contributed by atoms with Crippen molar-refractivity contribution in [1.82, 2.24) is 0 Å². The summed E-state index contributed by atoms with van der Waals surface area (Å²) in [6, 6.07) is 58.4. The molecule has 0 aliphatic rings. The molecule has 0 radical (unpaired) electrons. The van der Waals surface area contributed by atoms with Gasteiger partial charge in [0.25, 0.3) is 0 Å². The van der Waals surface area contributed by atoms with Crippen LogP contribution in [-0.4, -0.2) is 0 Å². The lowest BCUT2D eigenvalue weighted by atomic mass is 10.0. The Labute approximate surface area is 259 Å². The van der Waals surface area contributed by atoms with Gasteiger partial charge in [0, 0.05) is 17.1 Å². The van der Waals surface area contributed by atoms with E-state index < -0.39 is 0 Å². The number of fused-ring (bicyclic) bond motifs is 2. The molecule has 0 heterocycles. The van der Waals surface area contributed by atoms with E-state index in [0.717, 1.165) is 17.1 Å². The quantitative estimate of drug-likeness (QED) is 0.174. The summed E-state index contributed by atoms with van der Waals surface area (Å²) in [5.41, 5.74) is 9.54. The van der Waals surface area contributed by atoms with Gasteiger partial charge in [0.15, 0.2) is 0 Å². The lowest BCUT2D eigenvalue weighted by molar-refractivity contribution is 1.29. The molecule has 0 fully saturated rings. The van der Waals surface area contributed by atoms with Crippen LogP contribution in [0.25, 0.3) is 45.3 Å². The predicted molar refractivity (Wildman–Crippen MR) is 191 cm³/mol. The van der Waals surface area contributed by atoms with Crippen molar-refractivity contribution >= 4 is 62.4 Å². The van der Waals surface area contributed by atoms with Gasteiger partial charge in [0.2, 0.25) is 0 Å². The second-order valence-electron chi connectivity index (χ2n) is 11.2. The third kappa shape index (κ3) is 5.95. The van der Waals surface area contributed by atoms with Gasteiger partial charge in [0.05, 0.1) is 0 Å². The van der Waals surface area contributed by atoms with Crippen LogP contribution >= 0.6 is 0 Å². The van der Waals surface area contributed by atoms with Gasteiger partial charge in [-0.3, -0.25) is 0 Å². The molecule has 0 aliphatic carbocycles. The van der Waals surface area contributed by atoms with Crippen molar-refractivity contribution in [2.24, 2.45) is 0 Å². The Kier molecular flexibility index (Phi) is 7.60. The smallest absolute Gasteiger partial charge is 0.0468 e. The van der Waals surface area contributed by atoms with Crippen LogP contribution < -0.4 is 4.90 Å². The molecule has 0 unspecified atom stereocenters. The van der Waals surface area contributed by atoms with E-state index in [1.807, 2.05) is 0 Å². The van der Waals surface area contributed by atoms with Crippen LogP contribution in [0.2, 0.25) is 0 Å². The number of rotatable bonds is 7. The van der Waals surface area contributed by atoms with E-state index in [2.05, 4.69) is 194 Å². The Bertz CT molecular complexity index is 2070. The van der Waals surface area contributed by atoms with Crippen molar-refractivity contribution in [3.8, 4) is 0 Å². The molecule has 210 valence electrons. The number of para-hydroxylation sites is 2. The van der Waals surface area contributed by atoms with E-state index in [9.17, 15) is 0 Å². The molecule has 0 amide bonds. The standard InChI is InChI=1S/C43H33N/c1-32(36-11-5-2-6-12-36)27-35-21-24-37-28-33(19-22-38(37)30-35)17-18-34-20-23-40-31-43(26-25-39(40)29-34)44(41-13-7-3-8-14-41)42-15-9-4-10-16-42/h2-31H,1H3. The van der Waals surface area contributed by atoms with Gasteiger partial charge in [-0.2, -0.15) is 0 Å². The zero-order valence-electron chi connectivity index (χ0n) is 24.8. The van der Waals surface area contributed by atoms with E-state index in [1.54, 1.807) is 0 Å². The van der Waals surface area contributed by atoms with Gasteiger partial charge in [-0.25, -0.2) is 0 Å². The molecule has 7 aromatic carbocycles. The second-order valence-corrected chi connectivity index (χ2v) is 11.2. The molecular weight excluding hydrogens is 530 g/mol. The molecule has 0 aliphatic heterocycles. The third-order valence-corrected chi connectivity index (χ3v) is 8.10. The second kappa shape index (κ2) is 12.3. The Morgan fingerprint density at radius 3 is 1.39 bits per heavy atom. The summed E-state index contributed by atoms with van der Waals surface area (Å²) in [4.78, 5) is 2.30. The Hall–Kier alpha value is -5.66. The predicted octanol–water partition coefficient (Wildman–Crippen LogP) is 12.2. The summed E-state index contributed by atoms with van der Waals surface area (Å²) >= 11 is 0. The monoisotopic (exact) mass is 563 g/mol. The summed E-state index contributed by atoms with van der Waals surface area (Å²) in [5.74, 6) is 0. The van der Waals surface area contributed by atoms with Crippen molar-refractivity contribution in [2.45, 2.75) is 6.92 Å². The Morgan fingerprint density at radius 1 is 0.409 bits per heavy atom. The molecule has 0 bridgehead atoms. The van der Waals surface area contributed by atoms with Gasteiger partial charge >= 0.3 is 0 Å². The van der Waals surface area contributed by atoms with Crippen molar-refractivity contribution in [3.05, 3.63) is 186 Å². The average molecular weight is 564 g/mol. The van der Waals surface area contributed by atoms with Crippen LogP contribution in [0.1, 0.15) is 29.2 Å². The van der Waals surface area contributed by atoms with E-state index in [4.69, 9.17) is 0 Å². The van der Waals surface area contributed by atoms with Gasteiger partial charge in [-0.15, -0.1) is 0 Å². The fraction of sp³-hybridized carbons (Fsp3) is 0.0233. The molecule has 0 spiro atoms. The zero-order chi connectivity index (χ0) is 29.7. The minimum atomic E-state index is 1.14. The van der Waals surface area contributed by atoms with Gasteiger partial charge in [-0.1, -0.05) is 127 Å². The fourth-order valence-electron chi connectivity index (χ4n) is 5.80. The number of anilines is 3. The van der Waals surface area contributed by atoms with Gasteiger partial charge in [-0.05, 0) is 111 Å². The topological polar surface area (TPSA) is 3.24 Å². The minimum absolute atomic E-state index is 1.14. The summed E-state index contributed by atoms with van der Waals surface area (Å²) in [7, 11) is 0. The maximum absolute atomic E-state index is 2.30. The number of hydrogen-bond donors (Lipinski definition) is 0. The normalized spacial score (nSPS) is 11.8. The molecule has 1 heteroatoms. The van der Waals surface area contributed by atoms with E-state index in [0.29, 0.717) is 0 Å². The SMILES string of the molecule is CC(=Cc1ccc2cc(C=Cc3ccc4cc(N(c5ccccc5)c5ccccc5)ccc4c3)ccc2c1)c1ccccc1. The van der Waals surface area contributed by atoms with Crippen molar-refractivity contribution < 1.29 is 0 Å². The highest BCUT2D eigenvalue weighted by Gasteiger charge is 2.12. The van der Waals surface area contributed by atoms with Crippen LogP contribution in [-0.2, 0) is 0 Å². The molecule has 7 aromatic rings. The average Bonchev–Trinajstić information content (AvgIpc) is 3.08. The van der Waals surface area contributed by atoms with Crippen molar-refractivity contribution in [1.29, 1.82) is 0 Å². The van der Waals surface area contributed by atoms with E-state index >= 15 is 0 Å². The first-order chi connectivity index (χ1) is 21.7. The fourth-order valence-corrected chi connectivity index (χ4v) is 5.80. The highest BCUT2D eigenvalue weighted by atomic mass is 15.1. The number of allylic oxidation sites excluding steroid dienone is 1. The molecule has 7 rings (SSSR count). The first-order valence-corrected chi connectivity index (χ1v) is 15.1. The molecule has 0 aromatic heterocycles. The maximum Gasteiger partial charge on any atom is 0.0468 e. The van der Waals surface area contributed by atoms with Crippen molar-refractivity contribution in [3.63, 3.8) is 0 Å². The number of nitrogens with zero attached hydrogens (tertiary/aromatic N) is 1. The molecule has 0 N–H and O–H groups in total. The first-order valence-electron chi connectivity index (χ1n) is 15.1. The lowest BCUT2D eigenvalue weighted by Gasteiger charge is -2.25. The van der Waals surface area contributed by atoms with E-state index in [-0.39, 0.29) is 0 Å². The molecule has 0 atom stereocenters. The summed E-state index contributed by atoms with van der Waals surface area (Å²) < 4.78 is 0. The molecular formula is C43H33N. The zero-order valence-corrected chi connectivity index (χ0v) is 24.8. The van der Waals surface area contributed by atoms with Crippen LogP contribution in [0.3, 0.4) is 0 Å². The molecule has 1 nitrogen and oxygen atoms in total. The van der Waals surface area contributed by atoms with Crippen LogP contribution in [0, 0.1) is 0 Å². The summed E-state index contributed by atoms with van der Waals surface area (Å²) in [5, 5.41) is 4.93. The summed E-state index contributed by atoms with van der Waals surface area (Å²) in [6.07, 6.45) is 6.66. The Morgan fingerprint density at radius 2 is 0.841 bits per heavy atom. The molecule has 0 saturated heterocycles. The first kappa shape index (κ1) is 27.2. The van der Waals surface area contributed by atoms with Gasteiger partial charge < -0.3 is 4.90 Å². The van der Waals surface area contributed by atoms with E-state index in [1.165, 1.54) is 49.4 Å². The number of benzene rings is 7. The van der Waals surface area contributed by atoms with Gasteiger partial charge in [0.1, 0.15) is 0 Å².